The number of hydrogen-bond donors (Lipinski definition) is 1. The third-order valence-corrected chi connectivity index (χ3v) is 4.58. The molecule has 7 heteroatoms. The quantitative estimate of drug-likeness (QED) is 0.649. The molecule has 1 N–H and O–H groups in total. The summed E-state index contributed by atoms with van der Waals surface area (Å²) in [6, 6.07) is 12.2. The van der Waals surface area contributed by atoms with Crippen LogP contribution in [-0.4, -0.2) is 36.3 Å². The molecule has 0 saturated heterocycles. The molecule has 0 aromatic heterocycles. The Morgan fingerprint density at radius 2 is 1.85 bits per heavy atom. The number of rotatable bonds is 2. The number of benzene rings is 2. The molecule has 1 aliphatic heterocycles. The predicted octanol–water partition coefficient (Wildman–Crippen LogP) is 2.65. The molecule has 26 heavy (non-hydrogen) atoms. The molecule has 0 unspecified atom stereocenters. The maximum absolute atomic E-state index is 12.5. The number of fused-ring (bicyclic) bond motifs is 1. The highest BCUT2D eigenvalue weighted by Crippen LogP contribution is 2.24. The first-order chi connectivity index (χ1) is 12.5. The van der Waals surface area contributed by atoms with E-state index in [1.807, 2.05) is 24.3 Å². The van der Waals surface area contributed by atoms with Gasteiger partial charge in [-0.3, -0.25) is 9.59 Å². The molecule has 0 saturated carbocycles. The van der Waals surface area contributed by atoms with Crippen LogP contribution in [0.1, 0.15) is 21.5 Å². The van der Waals surface area contributed by atoms with E-state index in [0.717, 1.165) is 5.56 Å². The fraction of sp³-hybridized carbons (Fsp3) is 0.211. The molecule has 0 radical (unpaired) electrons. The van der Waals surface area contributed by atoms with Crippen molar-refractivity contribution in [3.05, 3.63) is 64.2 Å². The fourth-order valence-corrected chi connectivity index (χ4v) is 3.02. The van der Waals surface area contributed by atoms with Crippen molar-refractivity contribution in [1.29, 1.82) is 0 Å². The molecule has 0 spiro atoms. The van der Waals surface area contributed by atoms with Gasteiger partial charge >= 0.3 is 17.8 Å². The zero-order valence-corrected chi connectivity index (χ0v) is 14.9. The van der Waals surface area contributed by atoms with E-state index < -0.39 is 17.8 Å². The van der Waals surface area contributed by atoms with Gasteiger partial charge in [-0.25, -0.2) is 4.79 Å². The number of nitrogens with one attached hydrogen (secondary N) is 1. The van der Waals surface area contributed by atoms with E-state index in [1.54, 1.807) is 0 Å². The van der Waals surface area contributed by atoms with Gasteiger partial charge in [0.15, 0.2) is 0 Å². The van der Waals surface area contributed by atoms with Crippen LogP contribution in [0, 0.1) is 0 Å². The minimum Gasteiger partial charge on any atom is -0.465 e. The van der Waals surface area contributed by atoms with E-state index in [4.69, 9.17) is 11.6 Å². The van der Waals surface area contributed by atoms with Crippen LogP contribution in [0.4, 0.5) is 5.69 Å². The van der Waals surface area contributed by atoms with Gasteiger partial charge in [-0.2, -0.15) is 0 Å². The van der Waals surface area contributed by atoms with Crippen LogP contribution in [0.15, 0.2) is 42.5 Å². The van der Waals surface area contributed by atoms with Crippen LogP contribution in [0.3, 0.4) is 0 Å². The summed E-state index contributed by atoms with van der Waals surface area (Å²) in [6.45, 7) is 0.859. The zero-order chi connectivity index (χ0) is 18.7. The molecule has 0 aliphatic carbocycles. The largest absolute Gasteiger partial charge is 0.465 e. The minimum atomic E-state index is -0.798. The first-order valence-corrected chi connectivity index (χ1v) is 8.42. The van der Waals surface area contributed by atoms with Gasteiger partial charge in [0, 0.05) is 13.1 Å². The van der Waals surface area contributed by atoms with Gasteiger partial charge < -0.3 is 15.0 Å². The summed E-state index contributed by atoms with van der Waals surface area (Å²) in [5.41, 5.74) is 2.63. The lowest BCUT2D eigenvalue weighted by atomic mass is 10.00. The van der Waals surface area contributed by atoms with E-state index >= 15 is 0 Å². The first-order valence-electron chi connectivity index (χ1n) is 8.04. The summed E-state index contributed by atoms with van der Waals surface area (Å²) in [5, 5.41) is 2.71. The summed E-state index contributed by atoms with van der Waals surface area (Å²) < 4.78 is 4.64. The molecule has 2 amide bonds. The van der Waals surface area contributed by atoms with Gasteiger partial charge in [0.1, 0.15) is 0 Å². The number of amides is 2. The predicted molar refractivity (Wildman–Crippen MR) is 97.0 cm³/mol. The van der Waals surface area contributed by atoms with E-state index in [0.29, 0.717) is 19.5 Å². The number of ether oxygens (including phenoxy) is 1. The molecule has 3 rings (SSSR count). The van der Waals surface area contributed by atoms with Gasteiger partial charge in [-0.05, 0) is 35.7 Å². The first kappa shape index (κ1) is 17.9. The summed E-state index contributed by atoms with van der Waals surface area (Å²) in [5.74, 6) is -2.00. The summed E-state index contributed by atoms with van der Waals surface area (Å²) in [7, 11) is 1.26. The maximum atomic E-state index is 12.5. The number of carbonyl (C=O) groups excluding carboxylic acids is 3. The van der Waals surface area contributed by atoms with Crippen LogP contribution in [0.2, 0.25) is 5.02 Å². The SMILES string of the molecule is COC(=O)c1ccc(Cl)c(NC(=O)C(=O)N2CCc3ccccc3C2)c1. The molecule has 6 nitrogen and oxygen atoms in total. The van der Waals surface area contributed by atoms with Gasteiger partial charge in [0.05, 0.1) is 23.4 Å². The Morgan fingerprint density at radius 1 is 1.12 bits per heavy atom. The maximum Gasteiger partial charge on any atom is 0.337 e. The Morgan fingerprint density at radius 3 is 2.58 bits per heavy atom. The van der Waals surface area contributed by atoms with Crippen LogP contribution >= 0.6 is 11.6 Å². The van der Waals surface area contributed by atoms with Crippen LogP contribution in [-0.2, 0) is 27.3 Å². The van der Waals surface area contributed by atoms with Crippen molar-refractivity contribution in [2.45, 2.75) is 13.0 Å². The van der Waals surface area contributed by atoms with E-state index in [-0.39, 0.29) is 16.3 Å². The van der Waals surface area contributed by atoms with Crippen LogP contribution in [0.25, 0.3) is 0 Å². The Bertz CT molecular complexity index is 882. The summed E-state index contributed by atoms with van der Waals surface area (Å²) >= 11 is 6.05. The Kier molecular flexibility index (Phi) is 5.23. The van der Waals surface area contributed by atoms with Crippen molar-refractivity contribution in [3.63, 3.8) is 0 Å². The number of carbonyl (C=O) groups is 3. The second kappa shape index (κ2) is 7.58. The van der Waals surface area contributed by atoms with E-state index in [9.17, 15) is 14.4 Å². The van der Waals surface area contributed by atoms with Crippen molar-refractivity contribution in [2.75, 3.05) is 19.0 Å². The topological polar surface area (TPSA) is 75.7 Å². The number of anilines is 1. The van der Waals surface area contributed by atoms with Crippen LogP contribution < -0.4 is 5.32 Å². The number of hydrogen-bond acceptors (Lipinski definition) is 4. The second-order valence-electron chi connectivity index (χ2n) is 5.89. The van der Waals surface area contributed by atoms with Gasteiger partial charge in [-0.15, -0.1) is 0 Å². The lowest BCUT2D eigenvalue weighted by Gasteiger charge is -2.28. The highest BCUT2D eigenvalue weighted by molar-refractivity contribution is 6.41. The second-order valence-corrected chi connectivity index (χ2v) is 6.29. The Labute approximate surface area is 155 Å². The molecular weight excluding hydrogens is 356 g/mol. The van der Waals surface area contributed by atoms with Gasteiger partial charge in [-0.1, -0.05) is 35.9 Å². The zero-order valence-electron chi connectivity index (χ0n) is 14.1. The molecule has 2 aromatic rings. The average molecular weight is 373 g/mol. The normalized spacial score (nSPS) is 12.9. The van der Waals surface area contributed by atoms with Crippen molar-refractivity contribution >= 4 is 35.1 Å². The highest BCUT2D eigenvalue weighted by Gasteiger charge is 2.26. The Balaban J connectivity index is 1.72. The molecule has 1 heterocycles. The van der Waals surface area contributed by atoms with Crippen molar-refractivity contribution in [2.24, 2.45) is 0 Å². The molecule has 2 aromatic carbocycles. The van der Waals surface area contributed by atoms with Crippen LogP contribution in [0.5, 0.6) is 0 Å². The minimum absolute atomic E-state index is 0.185. The fourth-order valence-electron chi connectivity index (χ4n) is 2.85. The smallest absolute Gasteiger partial charge is 0.337 e. The third kappa shape index (κ3) is 3.70. The van der Waals surface area contributed by atoms with E-state index in [1.165, 1.54) is 35.8 Å². The van der Waals surface area contributed by atoms with Crippen molar-refractivity contribution < 1.29 is 19.1 Å². The summed E-state index contributed by atoms with van der Waals surface area (Å²) in [4.78, 5) is 37.9. The number of halogens is 1. The molecule has 0 bridgehead atoms. The third-order valence-electron chi connectivity index (χ3n) is 4.25. The number of nitrogens with zero attached hydrogens (tertiary/aromatic N) is 1. The lowest BCUT2D eigenvalue weighted by molar-refractivity contribution is -0.143. The number of methoxy groups -OCH3 is 1. The number of esters is 1. The van der Waals surface area contributed by atoms with Crippen molar-refractivity contribution in [3.8, 4) is 0 Å². The molecule has 0 fully saturated rings. The Hall–Kier alpha value is -2.86. The lowest BCUT2D eigenvalue weighted by Crippen LogP contribution is -2.42. The monoisotopic (exact) mass is 372 g/mol. The summed E-state index contributed by atoms with van der Waals surface area (Å²) in [6.07, 6.45) is 0.702. The van der Waals surface area contributed by atoms with Crippen molar-refractivity contribution in [1.82, 2.24) is 4.90 Å². The van der Waals surface area contributed by atoms with Gasteiger partial charge in [0.2, 0.25) is 0 Å². The van der Waals surface area contributed by atoms with E-state index in [2.05, 4.69) is 10.1 Å². The molecular formula is C19H17ClN2O4. The standard InChI is InChI=1S/C19H17ClN2O4/c1-26-19(25)13-6-7-15(20)16(10-13)21-17(23)18(24)22-9-8-12-4-2-3-5-14(12)11-22/h2-7,10H,8-9,11H2,1H3,(H,21,23). The van der Waals surface area contributed by atoms with Gasteiger partial charge in [0.25, 0.3) is 0 Å². The molecule has 134 valence electrons. The highest BCUT2D eigenvalue weighted by atomic mass is 35.5. The molecule has 0 atom stereocenters. The average Bonchev–Trinajstić information content (AvgIpc) is 2.68. The molecule has 1 aliphatic rings.